The van der Waals surface area contributed by atoms with Crippen LogP contribution in [0, 0.1) is 10.1 Å². The van der Waals surface area contributed by atoms with Gasteiger partial charge in [-0.3, -0.25) is 20.5 Å². The van der Waals surface area contributed by atoms with Crippen molar-refractivity contribution in [2.45, 2.75) is 6.10 Å². The quantitative estimate of drug-likeness (QED) is 0.569. The normalized spacial score (nSPS) is 12.8. The molecule has 2 N–H and O–H groups in total. The zero-order valence-corrected chi connectivity index (χ0v) is 9.25. The van der Waals surface area contributed by atoms with Crippen molar-refractivity contribution in [3.8, 4) is 0 Å². The molecule has 0 spiro atoms. The topological polar surface area (TPSA) is 78.6 Å². The number of non-ortho nitro benzene ring substituents is 1. The third-order valence-corrected chi connectivity index (χ3v) is 2.09. The number of benzene rings is 1. The second kappa shape index (κ2) is 5.55. The van der Waals surface area contributed by atoms with E-state index in [1.807, 2.05) is 14.1 Å². The number of aliphatic hydroxyl groups excluding tert-OH is 1. The Labute approximate surface area is 93.6 Å². The molecule has 1 rings (SSSR count). The van der Waals surface area contributed by atoms with Gasteiger partial charge in [0.05, 0.1) is 11.0 Å². The van der Waals surface area contributed by atoms with Crippen LogP contribution in [0.2, 0.25) is 0 Å². The monoisotopic (exact) mass is 225 g/mol. The average Bonchev–Trinajstić information content (AvgIpc) is 2.26. The van der Waals surface area contributed by atoms with Crippen molar-refractivity contribution in [1.29, 1.82) is 0 Å². The number of nitrogens with zero attached hydrogens (tertiary/aromatic N) is 2. The fourth-order valence-corrected chi connectivity index (χ4v) is 1.21. The molecule has 0 saturated carbocycles. The molecule has 0 bridgehead atoms. The summed E-state index contributed by atoms with van der Waals surface area (Å²) in [5, 5.41) is 21.9. The predicted octanol–water partition coefficient (Wildman–Crippen LogP) is 0.694. The molecule has 0 fully saturated rings. The second-order valence-corrected chi connectivity index (χ2v) is 3.62. The van der Waals surface area contributed by atoms with Gasteiger partial charge in [0.25, 0.3) is 5.69 Å². The Morgan fingerprint density at radius 2 is 2.00 bits per heavy atom. The van der Waals surface area contributed by atoms with Gasteiger partial charge in [-0.25, -0.2) is 0 Å². The first-order valence-corrected chi connectivity index (χ1v) is 4.84. The maximum atomic E-state index is 10.4. The first-order chi connectivity index (χ1) is 7.50. The summed E-state index contributed by atoms with van der Waals surface area (Å²) in [6, 6.07) is 5.88. The van der Waals surface area contributed by atoms with Crippen molar-refractivity contribution in [2.24, 2.45) is 0 Å². The fourth-order valence-electron chi connectivity index (χ4n) is 1.21. The lowest BCUT2D eigenvalue weighted by atomic mass is 10.1. The summed E-state index contributed by atoms with van der Waals surface area (Å²) >= 11 is 0. The van der Waals surface area contributed by atoms with E-state index in [0.29, 0.717) is 12.1 Å². The van der Waals surface area contributed by atoms with Crippen LogP contribution in [0.3, 0.4) is 0 Å². The van der Waals surface area contributed by atoms with Crippen LogP contribution in [0.4, 0.5) is 5.69 Å². The van der Waals surface area contributed by atoms with Gasteiger partial charge in [0.2, 0.25) is 0 Å². The summed E-state index contributed by atoms with van der Waals surface area (Å²) in [4.78, 5) is 9.96. The first-order valence-electron chi connectivity index (χ1n) is 4.84. The Bertz CT molecular complexity index is 351. The van der Waals surface area contributed by atoms with Gasteiger partial charge in [0, 0.05) is 32.8 Å². The lowest BCUT2D eigenvalue weighted by molar-refractivity contribution is -0.384. The van der Waals surface area contributed by atoms with Crippen LogP contribution < -0.4 is 5.43 Å². The molecular formula is C10H15N3O3. The van der Waals surface area contributed by atoms with E-state index >= 15 is 0 Å². The summed E-state index contributed by atoms with van der Waals surface area (Å²) in [7, 11) is 3.64. The van der Waals surface area contributed by atoms with E-state index in [4.69, 9.17) is 0 Å². The van der Waals surface area contributed by atoms with Gasteiger partial charge < -0.3 is 5.11 Å². The summed E-state index contributed by atoms with van der Waals surface area (Å²) < 4.78 is 0. The predicted molar refractivity (Wildman–Crippen MR) is 59.7 cm³/mol. The molecule has 0 aliphatic rings. The SMILES string of the molecule is CN(C)NCC(O)c1ccc([N+](=O)[O-])cc1. The standard InChI is InChI=1S/C10H15N3O3/c1-12(2)11-7-10(14)8-3-5-9(6-4-8)13(15)16/h3-6,10-11,14H,7H2,1-2H3. The first kappa shape index (κ1) is 12.6. The zero-order valence-electron chi connectivity index (χ0n) is 9.25. The van der Waals surface area contributed by atoms with Crippen LogP contribution in [0.25, 0.3) is 0 Å². The van der Waals surface area contributed by atoms with E-state index < -0.39 is 11.0 Å². The van der Waals surface area contributed by atoms with Crippen molar-refractivity contribution in [2.75, 3.05) is 20.6 Å². The number of nitro groups is 1. The molecule has 0 saturated heterocycles. The van der Waals surface area contributed by atoms with Gasteiger partial charge in [-0.15, -0.1) is 0 Å². The molecule has 88 valence electrons. The Balaban J connectivity index is 2.63. The van der Waals surface area contributed by atoms with Gasteiger partial charge in [-0.1, -0.05) is 0 Å². The van der Waals surface area contributed by atoms with Crippen molar-refractivity contribution < 1.29 is 10.0 Å². The number of nitro benzene ring substituents is 1. The van der Waals surface area contributed by atoms with Crippen molar-refractivity contribution in [3.05, 3.63) is 39.9 Å². The van der Waals surface area contributed by atoms with Crippen LogP contribution in [-0.2, 0) is 0 Å². The van der Waals surface area contributed by atoms with E-state index in [-0.39, 0.29) is 5.69 Å². The second-order valence-electron chi connectivity index (χ2n) is 3.62. The highest BCUT2D eigenvalue weighted by atomic mass is 16.6. The number of hydrazine groups is 1. The van der Waals surface area contributed by atoms with E-state index in [1.54, 1.807) is 17.1 Å². The molecule has 1 aromatic carbocycles. The third-order valence-electron chi connectivity index (χ3n) is 2.09. The fraction of sp³-hybridized carbons (Fsp3) is 0.400. The van der Waals surface area contributed by atoms with Crippen molar-refractivity contribution >= 4 is 5.69 Å². The highest BCUT2D eigenvalue weighted by molar-refractivity contribution is 5.33. The molecule has 0 radical (unpaired) electrons. The summed E-state index contributed by atoms with van der Waals surface area (Å²) in [6.07, 6.45) is -0.678. The molecule has 6 nitrogen and oxygen atoms in total. The Morgan fingerprint density at radius 1 is 1.44 bits per heavy atom. The number of aliphatic hydroxyl groups is 1. The summed E-state index contributed by atoms with van der Waals surface area (Å²) in [5.74, 6) is 0. The molecular weight excluding hydrogens is 210 g/mol. The van der Waals surface area contributed by atoms with Crippen LogP contribution in [0.1, 0.15) is 11.7 Å². The molecule has 1 aromatic rings. The number of hydrogen-bond acceptors (Lipinski definition) is 5. The Hall–Kier alpha value is -1.50. The molecule has 0 amide bonds. The highest BCUT2D eigenvalue weighted by Gasteiger charge is 2.10. The minimum absolute atomic E-state index is 0.0246. The van der Waals surface area contributed by atoms with E-state index in [0.717, 1.165) is 0 Å². The lowest BCUT2D eigenvalue weighted by Crippen LogP contribution is -2.33. The summed E-state index contributed by atoms with van der Waals surface area (Å²) in [6.45, 7) is 0.366. The molecule has 0 aromatic heterocycles. The number of hydrogen-bond donors (Lipinski definition) is 2. The van der Waals surface area contributed by atoms with Gasteiger partial charge in [0.1, 0.15) is 0 Å². The van der Waals surface area contributed by atoms with Crippen LogP contribution in [0.5, 0.6) is 0 Å². The molecule has 0 heterocycles. The molecule has 1 atom stereocenters. The zero-order chi connectivity index (χ0) is 12.1. The van der Waals surface area contributed by atoms with Gasteiger partial charge in [-0.2, -0.15) is 0 Å². The Morgan fingerprint density at radius 3 is 2.44 bits per heavy atom. The molecule has 6 heteroatoms. The smallest absolute Gasteiger partial charge is 0.269 e. The average molecular weight is 225 g/mol. The number of rotatable bonds is 5. The van der Waals surface area contributed by atoms with Gasteiger partial charge in [-0.05, 0) is 17.7 Å². The van der Waals surface area contributed by atoms with Crippen LogP contribution in [0.15, 0.2) is 24.3 Å². The van der Waals surface area contributed by atoms with E-state index in [1.165, 1.54) is 12.1 Å². The molecule has 0 aliphatic heterocycles. The molecule has 0 aliphatic carbocycles. The minimum atomic E-state index is -0.678. The van der Waals surface area contributed by atoms with Gasteiger partial charge >= 0.3 is 0 Å². The van der Waals surface area contributed by atoms with Crippen molar-refractivity contribution in [3.63, 3.8) is 0 Å². The maximum Gasteiger partial charge on any atom is 0.269 e. The van der Waals surface area contributed by atoms with Gasteiger partial charge in [0.15, 0.2) is 0 Å². The minimum Gasteiger partial charge on any atom is -0.387 e. The highest BCUT2D eigenvalue weighted by Crippen LogP contribution is 2.17. The van der Waals surface area contributed by atoms with E-state index in [2.05, 4.69) is 5.43 Å². The van der Waals surface area contributed by atoms with Crippen LogP contribution >= 0.6 is 0 Å². The largest absolute Gasteiger partial charge is 0.387 e. The number of nitrogens with one attached hydrogen (secondary N) is 1. The van der Waals surface area contributed by atoms with Crippen molar-refractivity contribution in [1.82, 2.24) is 10.4 Å². The molecule has 16 heavy (non-hydrogen) atoms. The summed E-state index contributed by atoms with van der Waals surface area (Å²) in [5.41, 5.74) is 3.61. The van der Waals surface area contributed by atoms with Crippen LogP contribution in [-0.4, -0.2) is 35.7 Å². The molecule has 1 unspecified atom stereocenters. The maximum absolute atomic E-state index is 10.4. The lowest BCUT2D eigenvalue weighted by Gasteiger charge is -2.16. The Kier molecular flexibility index (Phi) is 4.36. The third kappa shape index (κ3) is 3.58. The van der Waals surface area contributed by atoms with E-state index in [9.17, 15) is 15.2 Å².